The van der Waals surface area contributed by atoms with Crippen molar-refractivity contribution in [2.75, 3.05) is 17.3 Å². The fourth-order valence-electron chi connectivity index (χ4n) is 9.64. The van der Waals surface area contributed by atoms with Gasteiger partial charge in [-0.3, -0.25) is 23.7 Å². The molecular formula is C47H47N4O15S3+. The lowest BCUT2D eigenvalue weighted by atomic mass is 9.76. The summed E-state index contributed by atoms with van der Waals surface area (Å²) >= 11 is 0.766. The fourth-order valence-corrected chi connectivity index (χ4v) is 11.7. The number of rotatable bonds is 16. The lowest BCUT2D eigenvalue weighted by Gasteiger charge is -2.29. The highest BCUT2D eigenvalue weighted by Crippen LogP contribution is 2.52. The van der Waals surface area contributed by atoms with Crippen LogP contribution in [0.2, 0.25) is 0 Å². The topological polar surface area (TPSA) is 264 Å². The zero-order valence-electron chi connectivity index (χ0n) is 37.9. The Kier molecular flexibility index (Phi) is 13.0. The highest BCUT2D eigenvalue weighted by Gasteiger charge is 2.50. The Hall–Kier alpha value is -6.27. The number of aliphatic hydroxyl groups is 1. The zero-order valence-corrected chi connectivity index (χ0v) is 40.3. The lowest BCUT2D eigenvalue weighted by molar-refractivity contribution is -0.432. The average molecular weight is 1000 g/mol. The van der Waals surface area contributed by atoms with E-state index in [1.54, 1.807) is 54.6 Å². The first-order valence-corrected chi connectivity index (χ1v) is 25.5. The van der Waals surface area contributed by atoms with Gasteiger partial charge >= 0.3 is 5.97 Å². The van der Waals surface area contributed by atoms with Gasteiger partial charge in [-0.1, -0.05) is 43.5 Å². The smallest absolute Gasteiger partial charge is 0.333 e. The van der Waals surface area contributed by atoms with Crippen LogP contribution in [0.3, 0.4) is 0 Å². The van der Waals surface area contributed by atoms with Crippen LogP contribution in [-0.4, -0.2) is 89.0 Å². The molecule has 22 heteroatoms. The summed E-state index contributed by atoms with van der Waals surface area (Å²) < 4.78 is 68.8. The minimum absolute atomic E-state index is 0.0234. The number of Topliss-reactive ketones (excluding diaryl/α,β-unsaturated/α-hetero) is 1. The van der Waals surface area contributed by atoms with Crippen molar-refractivity contribution in [3.8, 4) is 0 Å². The van der Waals surface area contributed by atoms with Gasteiger partial charge in [0.2, 0.25) is 17.4 Å². The minimum atomic E-state index is -4.52. The Morgan fingerprint density at radius 3 is 2.19 bits per heavy atom. The molecule has 4 aliphatic rings. The summed E-state index contributed by atoms with van der Waals surface area (Å²) in [6.45, 7) is 8.96. The predicted molar refractivity (Wildman–Crippen MR) is 251 cm³/mol. The minimum Gasteiger partial charge on any atom is -0.506 e. The van der Waals surface area contributed by atoms with E-state index in [0.717, 1.165) is 41.0 Å². The molecule has 3 amide bonds. The molecule has 0 saturated carbocycles. The van der Waals surface area contributed by atoms with Gasteiger partial charge in [-0.05, 0) is 96.3 Å². The van der Waals surface area contributed by atoms with E-state index in [9.17, 15) is 50.5 Å². The number of hydrogen-bond donors (Lipinski definition) is 4. The van der Waals surface area contributed by atoms with E-state index < -0.39 is 66.3 Å². The van der Waals surface area contributed by atoms with Crippen LogP contribution in [0.1, 0.15) is 84.3 Å². The van der Waals surface area contributed by atoms with Gasteiger partial charge in [0, 0.05) is 72.1 Å². The molecule has 0 spiro atoms. The lowest BCUT2D eigenvalue weighted by Crippen LogP contribution is -2.37. The van der Waals surface area contributed by atoms with Gasteiger partial charge in [-0.15, -0.1) is 9.40 Å². The summed E-state index contributed by atoms with van der Waals surface area (Å²) in [5, 5.41) is 27.4. The van der Waals surface area contributed by atoms with Crippen LogP contribution in [-0.2, 0) is 69.2 Å². The van der Waals surface area contributed by atoms with Crippen molar-refractivity contribution in [1.29, 1.82) is 0 Å². The van der Waals surface area contributed by atoms with Gasteiger partial charge in [0.05, 0.1) is 33.5 Å². The summed E-state index contributed by atoms with van der Waals surface area (Å²) in [4.78, 5) is 70.0. The Balaban J connectivity index is 1.16. The number of benzene rings is 4. The number of hydrogen-bond acceptors (Lipinski definition) is 16. The number of unbranched alkanes of at least 4 members (excludes halogenated alkanes) is 2. The molecule has 362 valence electrons. The highest BCUT2D eigenvalue weighted by molar-refractivity contribution is 7.94. The van der Waals surface area contributed by atoms with Crippen molar-refractivity contribution >= 4 is 100 Å². The number of carbonyl (C=O) groups excluding carboxylic acids is 5. The van der Waals surface area contributed by atoms with E-state index in [4.69, 9.17) is 10.1 Å². The summed E-state index contributed by atoms with van der Waals surface area (Å²) in [5.74, 6) is -4.27. The van der Waals surface area contributed by atoms with E-state index >= 15 is 0 Å². The molecule has 0 aromatic heterocycles. The Morgan fingerprint density at radius 2 is 1.52 bits per heavy atom. The van der Waals surface area contributed by atoms with Crippen LogP contribution in [0.5, 0.6) is 0 Å². The van der Waals surface area contributed by atoms with Gasteiger partial charge in [-0.25, -0.2) is 14.8 Å². The molecule has 0 unspecified atom stereocenters. The largest absolute Gasteiger partial charge is 0.506 e. The van der Waals surface area contributed by atoms with Gasteiger partial charge in [0.1, 0.15) is 5.76 Å². The average Bonchev–Trinajstić information content (AvgIpc) is 3.79. The number of carbonyl (C=O) groups is 5. The molecule has 3 aliphatic heterocycles. The quantitative estimate of drug-likeness (QED) is 0.0134. The number of allylic oxidation sites excluding steroid dienone is 5. The molecule has 1 saturated heterocycles. The summed E-state index contributed by atoms with van der Waals surface area (Å²) in [6, 6.07) is 16.6. The van der Waals surface area contributed by atoms with E-state index in [1.807, 2.05) is 37.3 Å². The highest BCUT2D eigenvalue weighted by atomic mass is 32.2. The van der Waals surface area contributed by atoms with Crippen LogP contribution in [0.15, 0.2) is 105 Å². The molecule has 3 heterocycles. The maximum Gasteiger partial charge on any atom is 0.333 e. The summed E-state index contributed by atoms with van der Waals surface area (Å²) in [7, 11) is -8.80. The summed E-state index contributed by atoms with van der Waals surface area (Å²) in [6.07, 6.45) is 4.33. The molecule has 69 heavy (non-hydrogen) atoms. The normalized spacial score (nSPS) is 18.8. The van der Waals surface area contributed by atoms with Crippen molar-refractivity contribution in [3.63, 3.8) is 0 Å². The SMILES string of the molecule is CC(=O)NS(=O)(=O)C[N+]1=C(C=C2C(=O)C(C=C3N(CCCCCC(=O)ON4C(=O)CCC4=O)c4ccc5cc(S(=O)(=O)O)ccc5c4C3(C)C)=C2O)C(C)(C)c2c1ccc1cc(SOOO)ccc21. The number of amides is 3. The van der Waals surface area contributed by atoms with Crippen LogP contribution in [0.25, 0.3) is 21.5 Å². The number of hydroxylamine groups is 2. The van der Waals surface area contributed by atoms with E-state index in [2.05, 4.69) is 9.37 Å². The van der Waals surface area contributed by atoms with Crippen LogP contribution in [0.4, 0.5) is 11.4 Å². The standard InChI is InChI=1S/C47H46N4O15S3/c1-26(52)48-68(59,60)25-50-36-17-10-27-21-29(67-66-65-58)12-14-31(27)43(36)47(4,5)38(50)24-34-44(56)33(45(34)57)23-37-46(2,3)42-32-15-13-30(69(61,62)63)22-28(32)11-16-35(42)49(37)20-8-6-7-9-41(55)64-51-39(53)18-19-40(51)54/h10-17,21-24H,6-9,18-20,25H2,1-5H3,(H3-,48,52,56,57,58,61,62,63)/p+1. The maximum absolute atomic E-state index is 14.4. The van der Waals surface area contributed by atoms with Gasteiger partial charge in [-0.2, -0.15) is 21.4 Å². The van der Waals surface area contributed by atoms with Crippen molar-refractivity contribution in [1.82, 2.24) is 9.79 Å². The summed E-state index contributed by atoms with van der Waals surface area (Å²) in [5.41, 5.74) is 1.65. The van der Waals surface area contributed by atoms with E-state index in [0.29, 0.717) is 69.2 Å². The van der Waals surface area contributed by atoms with Gasteiger partial charge in [0.25, 0.3) is 37.8 Å². The molecule has 4 aromatic carbocycles. The monoisotopic (exact) mass is 1000 g/mol. The molecule has 8 rings (SSSR count). The van der Waals surface area contributed by atoms with Crippen molar-refractivity contribution in [3.05, 3.63) is 107 Å². The first-order valence-electron chi connectivity index (χ1n) is 21.6. The molecule has 4 N–H and O–H groups in total. The second-order valence-corrected chi connectivity index (χ2v) is 21.9. The second kappa shape index (κ2) is 18.2. The first-order chi connectivity index (χ1) is 32.4. The zero-order chi connectivity index (χ0) is 50.0. The number of aliphatic hydroxyl groups excluding tert-OH is 1. The number of ketones is 1. The number of nitrogens with zero attached hydrogens (tertiary/aromatic N) is 3. The van der Waals surface area contributed by atoms with Crippen molar-refractivity contribution in [2.45, 2.75) is 93.8 Å². The van der Waals surface area contributed by atoms with E-state index in [-0.39, 0.29) is 41.1 Å². The fraction of sp³-hybridized carbons (Fsp3) is 0.319. The Labute approximate surface area is 400 Å². The predicted octanol–water partition coefficient (Wildman–Crippen LogP) is 6.64. The third-order valence-electron chi connectivity index (χ3n) is 12.7. The Morgan fingerprint density at radius 1 is 0.855 bits per heavy atom. The van der Waals surface area contributed by atoms with Crippen molar-refractivity contribution < 1.29 is 74.5 Å². The number of nitrogens with one attached hydrogen (secondary N) is 1. The number of fused-ring (bicyclic) bond motifs is 6. The number of sulfonamides is 1. The molecule has 4 aromatic rings. The molecule has 0 atom stereocenters. The molecule has 0 radical (unpaired) electrons. The molecule has 1 fully saturated rings. The van der Waals surface area contributed by atoms with Gasteiger partial charge < -0.3 is 14.8 Å². The number of anilines is 1. The van der Waals surface area contributed by atoms with E-state index in [1.165, 1.54) is 22.8 Å². The Bertz CT molecular complexity index is 3280. The number of imide groups is 1. The maximum atomic E-state index is 14.4. The molecule has 19 nitrogen and oxygen atoms in total. The van der Waals surface area contributed by atoms with Gasteiger partial charge in [0.15, 0.2) is 5.71 Å². The second-order valence-electron chi connectivity index (χ2n) is 18.0. The third kappa shape index (κ3) is 9.20. The molecule has 0 bridgehead atoms. The van der Waals surface area contributed by atoms with Crippen molar-refractivity contribution in [2.24, 2.45) is 0 Å². The molecule has 1 aliphatic carbocycles. The first kappa shape index (κ1) is 49.2. The van der Waals surface area contributed by atoms with Crippen LogP contribution >= 0.6 is 12.0 Å². The molecular weight excluding hydrogens is 957 g/mol. The third-order valence-corrected chi connectivity index (χ3v) is 15.3. The van der Waals surface area contributed by atoms with Crippen LogP contribution < -0.4 is 9.62 Å². The van der Waals surface area contributed by atoms with Crippen LogP contribution in [0, 0.1) is 0 Å².